The van der Waals surface area contributed by atoms with Crippen LogP contribution in [0.15, 0.2) is 28.2 Å². The summed E-state index contributed by atoms with van der Waals surface area (Å²) in [5.74, 6) is 0.939. The number of nitrogens with zero attached hydrogens (tertiary/aromatic N) is 2. The average Bonchev–Trinajstić information content (AvgIpc) is 2.74. The van der Waals surface area contributed by atoms with Crippen LogP contribution >= 0.6 is 27.3 Å². The molecular formula is C12H14BrN3S. The predicted molar refractivity (Wildman–Crippen MR) is 77.5 cm³/mol. The first-order valence-corrected chi connectivity index (χ1v) is 6.85. The number of aromatic nitrogens is 1. The van der Waals surface area contributed by atoms with Gasteiger partial charge in [0.25, 0.3) is 0 Å². The number of thiophene rings is 1. The van der Waals surface area contributed by atoms with Gasteiger partial charge in [-0.05, 0) is 34.1 Å². The molecule has 0 aromatic carbocycles. The van der Waals surface area contributed by atoms with E-state index < -0.39 is 0 Å². The number of hydrogen-bond donors (Lipinski definition) is 1. The fourth-order valence-electron chi connectivity index (χ4n) is 1.76. The van der Waals surface area contributed by atoms with Crippen molar-refractivity contribution in [3.8, 4) is 10.4 Å². The second-order valence-electron chi connectivity index (χ2n) is 3.86. The number of pyridine rings is 1. The summed E-state index contributed by atoms with van der Waals surface area (Å²) >= 11 is 5.19. The molecule has 0 amide bonds. The lowest BCUT2D eigenvalue weighted by molar-refractivity contribution is 0.989. The zero-order chi connectivity index (χ0) is 12.4. The monoisotopic (exact) mass is 311 g/mol. The number of nitrogens with two attached hydrogens (primary N) is 1. The Labute approximate surface area is 113 Å². The van der Waals surface area contributed by atoms with Crippen LogP contribution in [0.5, 0.6) is 0 Å². The van der Waals surface area contributed by atoms with Gasteiger partial charge in [-0.25, -0.2) is 4.98 Å². The Hall–Kier alpha value is -0.910. The Kier molecular flexibility index (Phi) is 3.81. The molecule has 0 saturated heterocycles. The summed E-state index contributed by atoms with van der Waals surface area (Å²) in [5.41, 5.74) is 8.12. The van der Waals surface area contributed by atoms with Crippen molar-refractivity contribution in [3.05, 3.63) is 33.7 Å². The predicted octanol–water partition coefficient (Wildman–Crippen LogP) is 3.10. The van der Waals surface area contributed by atoms with Gasteiger partial charge in [-0.15, -0.1) is 11.3 Å². The van der Waals surface area contributed by atoms with Gasteiger partial charge in [-0.2, -0.15) is 0 Å². The van der Waals surface area contributed by atoms with Gasteiger partial charge < -0.3 is 10.6 Å². The van der Waals surface area contributed by atoms with E-state index in [9.17, 15) is 0 Å². The molecule has 2 aromatic heterocycles. The Morgan fingerprint density at radius 3 is 2.65 bits per heavy atom. The average molecular weight is 312 g/mol. The summed E-state index contributed by atoms with van der Waals surface area (Å²) in [5, 5.41) is 0. The van der Waals surface area contributed by atoms with Crippen LogP contribution in [0.4, 0.5) is 5.82 Å². The van der Waals surface area contributed by atoms with Crippen molar-refractivity contribution < 1.29 is 0 Å². The number of hydrogen-bond acceptors (Lipinski definition) is 4. The van der Waals surface area contributed by atoms with E-state index in [1.165, 1.54) is 10.4 Å². The first kappa shape index (κ1) is 12.5. The molecule has 0 aliphatic rings. The van der Waals surface area contributed by atoms with E-state index in [4.69, 9.17) is 5.73 Å². The van der Waals surface area contributed by atoms with Gasteiger partial charge >= 0.3 is 0 Å². The fourth-order valence-corrected chi connectivity index (χ4v) is 3.20. The van der Waals surface area contributed by atoms with Crippen LogP contribution in [-0.2, 0) is 6.54 Å². The number of rotatable bonds is 3. The topological polar surface area (TPSA) is 42.2 Å². The molecule has 2 aromatic rings. The minimum Gasteiger partial charge on any atom is -0.362 e. The van der Waals surface area contributed by atoms with E-state index in [1.807, 2.05) is 31.3 Å². The van der Waals surface area contributed by atoms with Crippen molar-refractivity contribution in [2.75, 3.05) is 19.0 Å². The Balaban J connectivity index is 2.58. The molecule has 0 aliphatic carbocycles. The van der Waals surface area contributed by atoms with E-state index in [0.29, 0.717) is 6.54 Å². The normalized spacial score (nSPS) is 10.6. The summed E-state index contributed by atoms with van der Waals surface area (Å²) in [7, 11) is 3.96. The van der Waals surface area contributed by atoms with Crippen LogP contribution in [0.3, 0.4) is 0 Å². The molecule has 0 aliphatic heterocycles. The summed E-state index contributed by atoms with van der Waals surface area (Å²) in [6, 6.07) is 6.17. The SMILES string of the molecule is CN(C)c1nccc(-c2ccc(Br)s2)c1CN. The molecular weight excluding hydrogens is 298 g/mol. The summed E-state index contributed by atoms with van der Waals surface area (Å²) in [4.78, 5) is 7.59. The summed E-state index contributed by atoms with van der Waals surface area (Å²) < 4.78 is 1.12. The highest BCUT2D eigenvalue weighted by Gasteiger charge is 2.12. The zero-order valence-corrected chi connectivity index (χ0v) is 12.2. The van der Waals surface area contributed by atoms with Crippen molar-refractivity contribution in [3.63, 3.8) is 0 Å². The maximum atomic E-state index is 5.86. The first-order chi connectivity index (χ1) is 8.13. The molecule has 0 radical (unpaired) electrons. The third kappa shape index (κ3) is 2.51. The molecule has 2 heterocycles. The Bertz CT molecular complexity index is 522. The maximum absolute atomic E-state index is 5.86. The summed E-state index contributed by atoms with van der Waals surface area (Å²) in [6.45, 7) is 0.492. The highest BCUT2D eigenvalue weighted by atomic mass is 79.9. The van der Waals surface area contributed by atoms with Crippen molar-refractivity contribution in [1.29, 1.82) is 0 Å². The third-order valence-electron chi connectivity index (χ3n) is 2.50. The molecule has 0 saturated carbocycles. The minimum absolute atomic E-state index is 0.492. The zero-order valence-electron chi connectivity index (χ0n) is 9.77. The van der Waals surface area contributed by atoms with Gasteiger partial charge in [0.15, 0.2) is 0 Å². The molecule has 90 valence electrons. The molecule has 0 atom stereocenters. The number of anilines is 1. The van der Waals surface area contributed by atoms with E-state index in [1.54, 1.807) is 11.3 Å². The molecule has 2 rings (SSSR count). The number of halogens is 1. The van der Waals surface area contributed by atoms with Crippen LogP contribution in [-0.4, -0.2) is 19.1 Å². The smallest absolute Gasteiger partial charge is 0.133 e. The van der Waals surface area contributed by atoms with Crippen LogP contribution in [0, 0.1) is 0 Å². The Morgan fingerprint density at radius 1 is 1.35 bits per heavy atom. The lowest BCUT2D eigenvalue weighted by Gasteiger charge is -2.17. The van der Waals surface area contributed by atoms with Gasteiger partial charge in [-0.3, -0.25) is 0 Å². The van der Waals surface area contributed by atoms with E-state index in [-0.39, 0.29) is 0 Å². The van der Waals surface area contributed by atoms with Crippen molar-refractivity contribution in [2.24, 2.45) is 5.73 Å². The molecule has 0 spiro atoms. The molecule has 2 N–H and O–H groups in total. The quantitative estimate of drug-likeness (QED) is 0.947. The van der Waals surface area contributed by atoms with Crippen LogP contribution in [0.1, 0.15) is 5.56 Å². The second kappa shape index (κ2) is 5.16. The molecule has 0 fully saturated rings. The van der Waals surface area contributed by atoms with Gasteiger partial charge in [0.2, 0.25) is 0 Å². The van der Waals surface area contributed by atoms with E-state index >= 15 is 0 Å². The maximum Gasteiger partial charge on any atom is 0.133 e. The largest absolute Gasteiger partial charge is 0.362 e. The lowest BCUT2D eigenvalue weighted by Crippen LogP contribution is -2.15. The summed E-state index contributed by atoms with van der Waals surface area (Å²) in [6.07, 6.45) is 1.83. The molecule has 0 bridgehead atoms. The second-order valence-corrected chi connectivity index (χ2v) is 6.33. The van der Waals surface area contributed by atoms with Crippen LogP contribution < -0.4 is 10.6 Å². The van der Waals surface area contributed by atoms with E-state index in [0.717, 1.165) is 15.2 Å². The third-order valence-corrected chi connectivity index (χ3v) is 4.16. The van der Waals surface area contributed by atoms with E-state index in [2.05, 4.69) is 33.0 Å². The van der Waals surface area contributed by atoms with Crippen LogP contribution in [0.25, 0.3) is 10.4 Å². The fraction of sp³-hybridized carbons (Fsp3) is 0.250. The van der Waals surface area contributed by atoms with Crippen molar-refractivity contribution in [1.82, 2.24) is 4.98 Å². The lowest BCUT2D eigenvalue weighted by atomic mass is 10.1. The van der Waals surface area contributed by atoms with Crippen LogP contribution in [0.2, 0.25) is 0 Å². The molecule has 0 unspecified atom stereocenters. The molecule has 3 nitrogen and oxygen atoms in total. The van der Waals surface area contributed by atoms with Gasteiger partial charge in [0, 0.05) is 42.8 Å². The standard InChI is InChI=1S/C12H14BrN3S/c1-16(2)12-9(7-14)8(5-6-15-12)10-3-4-11(13)17-10/h3-6H,7,14H2,1-2H3. The molecule has 5 heteroatoms. The van der Waals surface area contributed by atoms with Crippen molar-refractivity contribution >= 4 is 33.1 Å². The first-order valence-electron chi connectivity index (χ1n) is 5.24. The highest BCUT2D eigenvalue weighted by Crippen LogP contribution is 2.35. The minimum atomic E-state index is 0.492. The Morgan fingerprint density at radius 2 is 2.12 bits per heavy atom. The van der Waals surface area contributed by atoms with Gasteiger partial charge in [0.1, 0.15) is 5.82 Å². The van der Waals surface area contributed by atoms with Gasteiger partial charge in [-0.1, -0.05) is 0 Å². The molecule has 17 heavy (non-hydrogen) atoms. The van der Waals surface area contributed by atoms with Gasteiger partial charge in [0.05, 0.1) is 3.79 Å². The van der Waals surface area contributed by atoms with Crippen molar-refractivity contribution in [2.45, 2.75) is 6.54 Å². The highest BCUT2D eigenvalue weighted by molar-refractivity contribution is 9.11.